The highest BCUT2D eigenvalue weighted by Crippen LogP contribution is 2.22. The van der Waals surface area contributed by atoms with Crippen LogP contribution in [-0.2, 0) is 11.3 Å². The van der Waals surface area contributed by atoms with E-state index < -0.39 is 6.10 Å². The Bertz CT molecular complexity index is 866. The van der Waals surface area contributed by atoms with Gasteiger partial charge in [-0.3, -0.25) is 4.79 Å². The molecule has 3 aromatic rings. The van der Waals surface area contributed by atoms with Crippen LogP contribution in [0.1, 0.15) is 19.2 Å². The molecule has 1 amide bonds. The predicted octanol–water partition coefficient (Wildman–Crippen LogP) is 4.27. The number of hydrogen-bond acceptors (Lipinski definition) is 6. The summed E-state index contributed by atoms with van der Waals surface area (Å²) in [6.07, 6.45) is -0.0851. The molecule has 3 rings (SSSR count). The minimum Gasteiger partial charge on any atom is -0.481 e. The molecule has 8 heteroatoms. The lowest BCUT2D eigenvalue weighted by Gasteiger charge is -2.22. The molecule has 0 aliphatic carbocycles. The highest BCUT2D eigenvalue weighted by molar-refractivity contribution is 7.13. The lowest BCUT2D eigenvalue weighted by atomic mass is 10.2. The van der Waals surface area contributed by atoms with Crippen molar-refractivity contribution in [3.63, 3.8) is 0 Å². The van der Waals surface area contributed by atoms with Crippen molar-refractivity contribution >= 4 is 28.8 Å². The largest absolute Gasteiger partial charge is 0.481 e. The molecule has 2 aromatic heterocycles. The molecule has 0 saturated heterocycles. The standard InChI is InChI=1S/C18H18ClN3O3S/c1-3-14(24-13-7-4-6-12(19)10-13)18(23)22(2)11-16-20-17(21-25-16)15-8-5-9-26-15/h4-10,14H,3,11H2,1-2H3. The second-order valence-electron chi connectivity index (χ2n) is 5.66. The van der Waals surface area contributed by atoms with Crippen LogP contribution in [0.3, 0.4) is 0 Å². The Labute approximate surface area is 160 Å². The number of aromatic nitrogens is 2. The number of hydrogen-bond donors (Lipinski definition) is 0. The van der Waals surface area contributed by atoms with Gasteiger partial charge in [0.15, 0.2) is 6.10 Å². The van der Waals surface area contributed by atoms with E-state index in [2.05, 4.69) is 10.1 Å². The van der Waals surface area contributed by atoms with E-state index in [1.54, 1.807) is 31.3 Å². The van der Waals surface area contributed by atoms with Crippen LogP contribution in [0.15, 0.2) is 46.3 Å². The van der Waals surface area contributed by atoms with Crippen molar-refractivity contribution in [1.82, 2.24) is 15.0 Å². The van der Waals surface area contributed by atoms with E-state index >= 15 is 0 Å². The maximum atomic E-state index is 12.7. The number of halogens is 1. The van der Waals surface area contributed by atoms with Crippen molar-refractivity contribution in [2.75, 3.05) is 7.05 Å². The molecule has 0 bridgehead atoms. The van der Waals surface area contributed by atoms with Crippen molar-refractivity contribution in [1.29, 1.82) is 0 Å². The third-order valence-corrected chi connectivity index (χ3v) is 4.78. The van der Waals surface area contributed by atoms with Crippen molar-refractivity contribution < 1.29 is 14.1 Å². The number of thiophene rings is 1. The second-order valence-corrected chi connectivity index (χ2v) is 7.04. The zero-order valence-electron chi connectivity index (χ0n) is 14.4. The Morgan fingerprint density at radius 1 is 1.38 bits per heavy atom. The van der Waals surface area contributed by atoms with Crippen LogP contribution in [0, 0.1) is 0 Å². The van der Waals surface area contributed by atoms with Gasteiger partial charge >= 0.3 is 0 Å². The molecule has 2 heterocycles. The van der Waals surface area contributed by atoms with Gasteiger partial charge in [0, 0.05) is 12.1 Å². The normalized spacial score (nSPS) is 12.0. The first-order valence-electron chi connectivity index (χ1n) is 8.10. The van der Waals surface area contributed by atoms with Gasteiger partial charge in [-0.05, 0) is 36.1 Å². The van der Waals surface area contributed by atoms with Crippen LogP contribution >= 0.6 is 22.9 Å². The summed E-state index contributed by atoms with van der Waals surface area (Å²) in [7, 11) is 1.68. The van der Waals surface area contributed by atoms with E-state index in [0.717, 1.165) is 4.88 Å². The average Bonchev–Trinajstić information content (AvgIpc) is 3.30. The topological polar surface area (TPSA) is 68.5 Å². The molecule has 0 aliphatic heterocycles. The Balaban J connectivity index is 1.64. The summed E-state index contributed by atoms with van der Waals surface area (Å²) in [5.41, 5.74) is 0. The summed E-state index contributed by atoms with van der Waals surface area (Å²) in [5, 5.41) is 6.46. The summed E-state index contributed by atoms with van der Waals surface area (Å²) in [6.45, 7) is 2.11. The first kappa shape index (κ1) is 18.4. The Morgan fingerprint density at radius 3 is 2.92 bits per heavy atom. The Kier molecular flexibility index (Phi) is 5.90. The number of nitrogens with zero attached hydrogens (tertiary/aromatic N) is 3. The van der Waals surface area contributed by atoms with Crippen molar-refractivity contribution in [3.8, 4) is 16.5 Å². The van der Waals surface area contributed by atoms with E-state index in [9.17, 15) is 4.79 Å². The molecule has 1 atom stereocenters. The summed E-state index contributed by atoms with van der Waals surface area (Å²) in [5.74, 6) is 1.30. The molecular weight excluding hydrogens is 374 g/mol. The molecule has 0 saturated carbocycles. The lowest BCUT2D eigenvalue weighted by Crippen LogP contribution is -2.39. The van der Waals surface area contributed by atoms with Gasteiger partial charge in [0.2, 0.25) is 11.7 Å². The fourth-order valence-corrected chi connectivity index (χ4v) is 3.19. The van der Waals surface area contributed by atoms with Crippen LogP contribution in [0.25, 0.3) is 10.7 Å². The van der Waals surface area contributed by atoms with E-state index in [4.69, 9.17) is 20.9 Å². The number of carbonyl (C=O) groups is 1. The van der Waals surface area contributed by atoms with Gasteiger partial charge in [-0.2, -0.15) is 4.98 Å². The van der Waals surface area contributed by atoms with Gasteiger partial charge in [-0.1, -0.05) is 35.8 Å². The number of amides is 1. The first-order valence-corrected chi connectivity index (χ1v) is 9.36. The Hall–Kier alpha value is -2.38. The van der Waals surface area contributed by atoms with Gasteiger partial charge in [-0.15, -0.1) is 11.3 Å². The minimum atomic E-state index is -0.613. The number of rotatable bonds is 7. The summed E-state index contributed by atoms with van der Waals surface area (Å²) >= 11 is 7.49. The molecule has 0 fully saturated rings. The fourth-order valence-electron chi connectivity index (χ4n) is 2.36. The molecule has 6 nitrogen and oxygen atoms in total. The maximum absolute atomic E-state index is 12.7. The SMILES string of the molecule is CCC(Oc1cccc(Cl)c1)C(=O)N(C)Cc1nc(-c2cccs2)no1. The maximum Gasteiger partial charge on any atom is 0.263 e. The average molecular weight is 392 g/mol. The van der Waals surface area contributed by atoms with E-state index in [1.165, 1.54) is 16.2 Å². The minimum absolute atomic E-state index is 0.164. The molecule has 0 N–H and O–H groups in total. The van der Waals surface area contributed by atoms with Crippen LogP contribution in [0.4, 0.5) is 0 Å². The van der Waals surface area contributed by atoms with Gasteiger partial charge in [-0.25, -0.2) is 0 Å². The van der Waals surface area contributed by atoms with Crippen molar-refractivity contribution in [2.24, 2.45) is 0 Å². The lowest BCUT2D eigenvalue weighted by molar-refractivity contribution is -0.138. The zero-order chi connectivity index (χ0) is 18.5. The van der Waals surface area contributed by atoms with E-state index in [-0.39, 0.29) is 12.5 Å². The second kappa shape index (κ2) is 8.33. The molecule has 1 unspecified atom stereocenters. The quantitative estimate of drug-likeness (QED) is 0.601. The number of benzene rings is 1. The molecule has 1 aromatic carbocycles. The molecule has 0 aliphatic rings. The molecule has 0 radical (unpaired) electrons. The van der Waals surface area contributed by atoms with Crippen LogP contribution in [0.2, 0.25) is 5.02 Å². The van der Waals surface area contributed by atoms with Crippen LogP contribution in [0.5, 0.6) is 5.75 Å². The molecule has 136 valence electrons. The van der Waals surface area contributed by atoms with Gasteiger partial charge in [0.05, 0.1) is 11.4 Å². The number of ether oxygens (including phenoxy) is 1. The molecule has 26 heavy (non-hydrogen) atoms. The highest BCUT2D eigenvalue weighted by Gasteiger charge is 2.24. The van der Waals surface area contributed by atoms with Crippen molar-refractivity contribution in [3.05, 3.63) is 52.7 Å². The van der Waals surface area contributed by atoms with Crippen LogP contribution in [-0.4, -0.2) is 34.1 Å². The molecule has 0 spiro atoms. The predicted molar refractivity (Wildman–Crippen MR) is 100 cm³/mol. The Morgan fingerprint density at radius 2 is 2.23 bits per heavy atom. The zero-order valence-corrected chi connectivity index (χ0v) is 16.0. The van der Waals surface area contributed by atoms with E-state index in [0.29, 0.717) is 28.9 Å². The summed E-state index contributed by atoms with van der Waals surface area (Å²) < 4.78 is 11.0. The first-order chi connectivity index (χ1) is 12.6. The molecular formula is C18H18ClN3O3S. The van der Waals surface area contributed by atoms with Gasteiger partial charge < -0.3 is 14.2 Å². The van der Waals surface area contributed by atoms with Crippen LogP contribution < -0.4 is 4.74 Å². The summed E-state index contributed by atoms with van der Waals surface area (Å²) in [6, 6.07) is 10.8. The smallest absolute Gasteiger partial charge is 0.263 e. The third kappa shape index (κ3) is 4.42. The number of likely N-dealkylation sites (N-methyl/N-ethyl adjacent to an activating group) is 1. The van der Waals surface area contributed by atoms with Gasteiger partial charge in [0.1, 0.15) is 5.75 Å². The number of carbonyl (C=O) groups excluding carboxylic acids is 1. The van der Waals surface area contributed by atoms with Crippen molar-refractivity contribution in [2.45, 2.75) is 26.0 Å². The third-order valence-electron chi connectivity index (χ3n) is 3.68. The highest BCUT2D eigenvalue weighted by atomic mass is 35.5. The fraction of sp³-hybridized carbons (Fsp3) is 0.278. The monoisotopic (exact) mass is 391 g/mol. The summed E-state index contributed by atoms with van der Waals surface area (Å²) in [4.78, 5) is 19.5. The van der Waals surface area contributed by atoms with E-state index in [1.807, 2.05) is 24.4 Å². The van der Waals surface area contributed by atoms with Gasteiger partial charge in [0.25, 0.3) is 5.91 Å².